The number of hydrogen-bond acceptors (Lipinski definition) is 4. The van der Waals surface area contributed by atoms with Gasteiger partial charge in [-0.25, -0.2) is 0 Å². The molecule has 2 aliphatic heterocycles. The van der Waals surface area contributed by atoms with E-state index in [1.54, 1.807) is 13.8 Å². The van der Waals surface area contributed by atoms with Crippen LogP contribution in [0.3, 0.4) is 0 Å². The summed E-state index contributed by atoms with van der Waals surface area (Å²) in [5.74, 6) is 0.554. The molecule has 0 bridgehead atoms. The molecule has 0 N–H and O–H groups in total. The van der Waals surface area contributed by atoms with Crippen molar-refractivity contribution in [3.63, 3.8) is 0 Å². The molecule has 1 amide bonds. The number of rotatable bonds is 4. The summed E-state index contributed by atoms with van der Waals surface area (Å²) in [6.45, 7) is 7.92. The normalized spacial score (nSPS) is 18.1. The molecule has 158 valence electrons. The molecule has 1 fully saturated rings. The van der Waals surface area contributed by atoms with E-state index in [0.29, 0.717) is 12.2 Å². The SMILES string of the molecule is CCC(=O)Oc1ccc(CN2CCC3(CC2)CN(C(C)=O)Cc2ccccc23)cc1. The topological polar surface area (TPSA) is 49.9 Å². The van der Waals surface area contributed by atoms with Crippen molar-refractivity contribution in [2.45, 2.75) is 51.6 Å². The van der Waals surface area contributed by atoms with Crippen LogP contribution in [-0.2, 0) is 28.1 Å². The van der Waals surface area contributed by atoms with E-state index in [2.05, 4.69) is 29.2 Å². The van der Waals surface area contributed by atoms with Crippen molar-refractivity contribution in [2.24, 2.45) is 0 Å². The molecule has 5 nitrogen and oxygen atoms in total. The highest BCUT2D eigenvalue weighted by Gasteiger charge is 2.42. The largest absolute Gasteiger partial charge is 0.427 e. The number of nitrogens with zero attached hydrogens (tertiary/aromatic N) is 2. The lowest BCUT2D eigenvalue weighted by Crippen LogP contribution is -2.52. The van der Waals surface area contributed by atoms with E-state index in [4.69, 9.17) is 4.74 Å². The van der Waals surface area contributed by atoms with Gasteiger partial charge in [0.2, 0.25) is 5.91 Å². The molecule has 0 unspecified atom stereocenters. The third-order valence-corrected chi connectivity index (χ3v) is 6.55. The maximum absolute atomic E-state index is 12.1. The van der Waals surface area contributed by atoms with Gasteiger partial charge in [0.15, 0.2) is 0 Å². The molecule has 2 heterocycles. The summed E-state index contributed by atoms with van der Waals surface area (Å²) in [6.07, 6.45) is 2.49. The van der Waals surface area contributed by atoms with Crippen molar-refractivity contribution >= 4 is 11.9 Å². The van der Waals surface area contributed by atoms with Crippen molar-refractivity contribution in [3.8, 4) is 5.75 Å². The first-order valence-electron chi connectivity index (χ1n) is 10.8. The highest BCUT2D eigenvalue weighted by atomic mass is 16.5. The summed E-state index contributed by atoms with van der Waals surface area (Å²) in [4.78, 5) is 28.1. The van der Waals surface area contributed by atoms with E-state index in [9.17, 15) is 9.59 Å². The molecule has 4 rings (SSSR count). The molecule has 2 aliphatic rings. The maximum atomic E-state index is 12.1. The van der Waals surface area contributed by atoms with Gasteiger partial charge in [-0.15, -0.1) is 0 Å². The van der Waals surface area contributed by atoms with E-state index in [1.807, 2.05) is 29.2 Å². The van der Waals surface area contributed by atoms with Gasteiger partial charge in [-0.1, -0.05) is 43.3 Å². The van der Waals surface area contributed by atoms with E-state index in [-0.39, 0.29) is 17.3 Å². The Hall–Kier alpha value is -2.66. The summed E-state index contributed by atoms with van der Waals surface area (Å²) < 4.78 is 5.26. The zero-order chi connectivity index (χ0) is 21.1. The Morgan fingerprint density at radius 2 is 1.73 bits per heavy atom. The zero-order valence-electron chi connectivity index (χ0n) is 17.9. The summed E-state index contributed by atoms with van der Waals surface area (Å²) in [7, 11) is 0. The Morgan fingerprint density at radius 3 is 2.40 bits per heavy atom. The van der Waals surface area contributed by atoms with Gasteiger partial charge in [-0.05, 0) is 54.8 Å². The summed E-state index contributed by atoms with van der Waals surface area (Å²) in [5.41, 5.74) is 4.01. The van der Waals surface area contributed by atoms with Crippen molar-refractivity contribution in [2.75, 3.05) is 19.6 Å². The van der Waals surface area contributed by atoms with Crippen LogP contribution in [0.5, 0.6) is 5.75 Å². The molecule has 0 radical (unpaired) electrons. The first-order valence-corrected chi connectivity index (χ1v) is 10.8. The second-order valence-electron chi connectivity index (χ2n) is 8.56. The molecule has 0 saturated carbocycles. The Labute approximate surface area is 178 Å². The lowest BCUT2D eigenvalue weighted by molar-refractivity contribution is -0.134. The van der Waals surface area contributed by atoms with Gasteiger partial charge in [0.25, 0.3) is 0 Å². The second-order valence-corrected chi connectivity index (χ2v) is 8.56. The van der Waals surface area contributed by atoms with Gasteiger partial charge in [-0.3, -0.25) is 14.5 Å². The fourth-order valence-electron chi connectivity index (χ4n) is 4.80. The predicted octanol–water partition coefficient (Wildman–Crippen LogP) is 3.90. The highest BCUT2D eigenvalue weighted by molar-refractivity contribution is 5.74. The molecule has 1 saturated heterocycles. The number of benzene rings is 2. The number of likely N-dealkylation sites (tertiary alicyclic amines) is 1. The molecule has 0 aliphatic carbocycles. The van der Waals surface area contributed by atoms with Crippen LogP contribution in [0.15, 0.2) is 48.5 Å². The van der Waals surface area contributed by atoms with Gasteiger partial charge in [0, 0.05) is 38.4 Å². The van der Waals surface area contributed by atoms with Crippen molar-refractivity contribution in [1.82, 2.24) is 9.80 Å². The first kappa shape index (κ1) is 20.6. The predicted molar refractivity (Wildman–Crippen MR) is 116 cm³/mol. The monoisotopic (exact) mass is 406 g/mol. The Morgan fingerprint density at radius 1 is 1.03 bits per heavy atom. The van der Waals surface area contributed by atoms with Crippen LogP contribution in [0.1, 0.15) is 49.8 Å². The average molecular weight is 407 g/mol. The van der Waals surface area contributed by atoms with Gasteiger partial charge < -0.3 is 9.64 Å². The minimum absolute atomic E-state index is 0.0647. The quantitative estimate of drug-likeness (QED) is 0.571. The molecule has 0 aromatic heterocycles. The smallest absolute Gasteiger partial charge is 0.310 e. The lowest BCUT2D eigenvalue weighted by atomic mass is 9.69. The maximum Gasteiger partial charge on any atom is 0.310 e. The third kappa shape index (κ3) is 4.26. The van der Waals surface area contributed by atoms with Crippen LogP contribution >= 0.6 is 0 Å². The fourth-order valence-corrected chi connectivity index (χ4v) is 4.80. The van der Waals surface area contributed by atoms with Crippen molar-refractivity contribution in [1.29, 1.82) is 0 Å². The highest BCUT2D eigenvalue weighted by Crippen LogP contribution is 2.42. The number of esters is 1. The number of carbonyl (C=O) groups excluding carboxylic acids is 2. The summed E-state index contributed by atoms with van der Waals surface area (Å²) in [6, 6.07) is 16.5. The number of ether oxygens (including phenoxy) is 1. The number of hydrogen-bond donors (Lipinski definition) is 0. The molecule has 2 aromatic carbocycles. The van der Waals surface area contributed by atoms with Crippen LogP contribution in [-0.4, -0.2) is 41.3 Å². The first-order chi connectivity index (χ1) is 14.5. The van der Waals surface area contributed by atoms with Crippen LogP contribution < -0.4 is 4.74 Å². The van der Waals surface area contributed by atoms with E-state index in [0.717, 1.165) is 45.6 Å². The molecule has 0 atom stereocenters. The Bertz CT molecular complexity index is 914. The molecule has 2 aromatic rings. The van der Waals surface area contributed by atoms with Crippen LogP contribution in [0, 0.1) is 0 Å². The number of piperidine rings is 1. The number of carbonyl (C=O) groups is 2. The molecular weight excluding hydrogens is 376 g/mol. The minimum Gasteiger partial charge on any atom is -0.427 e. The lowest BCUT2D eigenvalue weighted by Gasteiger charge is -2.48. The van der Waals surface area contributed by atoms with Crippen LogP contribution in [0.4, 0.5) is 0 Å². The van der Waals surface area contributed by atoms with E-state index in [1.165, 1.54) is 16.7 Å². The zero-order valence-corrected chi connectivity index (χ0v) is 17.9. The average Bonchev–Trinajstić information content (AvgIpc) is 2.76. The van der Waals surface area contributed by atoms with Crippen molar-refractivity contribution in [3.05, 3.63) is 65.2 Å². The Balaban J connectivity index is 1.42. The third-order valence-electron chi connectivity index (χ3n) is 6.55. The summed E-state index contributed by atoms with van der Waals surface area (Å²) in [5, 5.41) is 0. The van der Waals surface area contributed by atoms with Crippen LogP contribution in [0.2, 0.25) is 0 Å². The Kier molecular flexibility index (Phi) is 5.91. The molecular formula is C25H30N2O3. The minimum atomic E-state index is -0.212. The van der Waals surface area contributed by atoms with Gasteiger partial charge in [0.05, 0.1) is 0 Å². The molecule has 30 heavy (non-hydrogen) atoms. The number of amides is 1. The van der Waals surface area contributed by atoms with Gasteiger partial charge in [-0.2, -0.15) is 0 Å². The standard InChI is InChI=1S/C25H30N2O3/c1-3-24(29)30-22-10-8-20(9-11-22)16-26-14-12-25(13-15-26)18-27(19(2)28)17-21-6-4-5-7-23(21)25/h4-11H,3,12-18H2,1-2H3. The van der Waals surface area contributed by atoms with Crippen molar-refractivity contribution < 1.29 is 14.3 Å². The van der Waals surface area contributed by atoms with Gasteiger partial charge in [0.1, 0.15) is 5.75 Å². The van der Waals surface area contributed by atoms with Gasteiger partial charge >= 0.3 is 5.97 Å². The summed E-state index contributed by atoms with van der Waals surface area (Å²) >= 11 is 0. The second kappa shape index (κ2) is 8.60. The van der Waals surface area contributed by atoms with E-state index < -0.39 is 0 Å². The molecule has 5 heteroatoms. The fraction of sp³-hybridized carbons (Fsp3) is 0.440. The molecule has 1 spiro atoms. The van der Waals surface area contributed by atoms with Crippen LogP contribution in [0.25, 0.3) is 0 Å². The van der Waals surface area contributed by atoms with E-state index >= 15 is 0 Å². The number of fused-ring (bicyclic) bond motifs is 2.